The number of fused-ring (bicyclic) bond motifs is 2. The predicted molar refractivity (Wildman–Crippen MR) is 108 cm³/mol. The molecule has 0 spiro atoms. The first-order valence-corrected chi connectivity index (χ1v) is 10.0. The molecule has 0 bridgehead atoms. The van der Waals surface area contributed by atoms with Crippen LogP contribution in [0.2, 0.25) is 0 Å². The van der Waals surface area contributed by atoms with Crippen molar-refractivity contribution in [3.8, 4) is 5.75 Å². The van der Waals surface area contributed by atoms with Crippen LogP contribution in [-0.2, 0) is 4.79 Å². The van der Waals surface area contributed by atoms with Gasteiger partial charge in [-0.2, -0.15) is 0 Å². The van der Waals surface area contributed by atoms with Crippen LogP contribution in [-0.4, -0.2) is 35.3 Å². The molecule has 0 saturated heterocycles. The predicted octanol–water partition coefficient (Wildman–Crippen LogP) is 3.34. The zero-order chi connectivity index (χ0) is 20.5. The van der Waals surface area contributed by atoms with Gasteiger partial charge in [0, 0.05) is 12.0 Å². The normalized spacial score (nSPS) is 19.8. The third kappa shape index (κ3) is 3.28. The molecule has 0 fully saturated rings. The average molecular weight is 392 g/mol. The van der Waals surface area contributed by atoms with E-state index in [9.17, 15) is 14.4 Å². The van der Waals surface area contributed by atoms with E-state index in [0.717, 1.165) is 16.2 Å². The number of carbonyl (C=O) groups excluding carboxylic acids is 3. The van der Waals surface area contributed by atoms with Gasteiger partial charge in [-0.1, -0.05) is 50.6 Å². The van der Waals surface area contributed by atoms with Crippen LogP contribution in [0, 0.1) is 5.92 Å². The monoisotopic (exact) mass is 392 g/mol. The summed E-state index contributed by atoms with van der Waals surface area (Å²) in [5.74, 6) is -0.537. The molecular weight excluding hydrogens is 368 g/mol. The Kier molecular flexibility index (Phi) is 5.09. The summed E-state index contributed by atoms with van der Waals surface area (Å²) >= 11 is 0. The van der Waals surface area contributed by atoms with Crippen molar-refractivity contribution >= 4 is 17.7 Å². The minimum atomic E-state index is -0.859. The van der Waals surface area contributed by atoms with Gasteiger partial charge in [-0.3, -0.25) is 19.3 Å². The number of para-hydroxylation sites is 1. The first kappa shape index (κ1) is 19.2. The van der Waals surface area contributed by atoms with Crippen molar-refractivity contribution in [1.82, 2.24) is 10.2 Å². The molecule has 3 amide bonds. The highest BCUT2D eigenvalue weighted by atomic mass is 16.5. The summed E-state index contributed by atoms with van der Waals surface area (Å²) in [5, 5.41) is 3.07. The van der Waals surface area contributed by atoms with E-state index in [2.05, 4.69) is 5.32 Å². The van der Waals surface area contributed by atoms with E-state index in [1.165, 1.54) is 0 Å². The van der Waals surface area contributed by atoms with Crippen LogP contribution in [0.5, 0.6) is 5.75 Å². The van der Waals surface area contributed by atoms with E-state index >= 15 is 0 Å². The highest BCUT2D eigenvalue weighted by Gasteiger charge is 2.45. The van der Waals surface area contributed by atoms with Gasteiger partial charge in [0.1, 0.15) is 11.8 Å². The molecule has 0 aliphatic carbocycles. The molecule has 0 unspecified atom stereocenters. The molecule has 0 saturated carbocycles. The van der Waals surface area contributed by atoms with Crippen molar-refractivity contribution in [3.63, 3.8) is 0 Å². The minimum Gasteiger partial charge on any atom is -0.493 e. The molecule has 0 aromatic heterocycles. The standard InChI is InChI=1S/C23H24N2O4/c1-3-14(2)20(25-22(27)15-8-4-5-9-16(15)23(25)28)21(26)24-18-12-13-29-19-11-7-6-10-17(18)19/h4-11,14,18,20H,3,12-13H2,1-2H3,(H,24,26)/t14-,18-,20-/m0/s1. The number of nitrogens with zero attached hydrogens (tertiary/aromatic N) is 1. The number of carbonyl (C=O) groups is 3. The molecule has 150 valence electrons. The number of amides is 3. The van der Waals surface area contributed by atoms with Gasteiger partial charge >= 0.3 is 0 Å². The van der Waals surface area contributed by atoms with Crippen molar-refractivity contribution in [3.05, 3.63) is 65.2 Å². The number of benzene rings is 2. The summed E-state index contributed by atoms with van der Waals surface area (Å²) in [6.45, 7) is 4.35. The molecule has 0 radical (unpaired) electrons. The molecule has 2 aliphatic heterocycles. The fourth-order valence-electron chi connectivity index (χ4n) is 4.06. The molecule has 2 aromatic rings. The Hall–Kier alpha value is -3.15. The van der Waals surface area contributed by atoms with E-state index < -0.39 is 17.9 Å². The molecule has 6 nitrogen and oxygen atoms in total. The fourth-order valence-corrected chi connectivity index (χ4v) is 4.06. The lowest BCUT2D eigenvalue weighted by Crippen LogP contribution is -2.53. The lowest BCUT2D eigenvalue weighted by Gasteiger charge is -2.33. The van der Waals surface area contributed by atoms with Gasteiger partial charge in [0.15, 0.2) is 0 Å². The number of imide groups is 1. The summed E-state index contributed by atoms with van der Waals surface area (Å²) < 4.78 is 5.67. The quantitative estimate of drug-likeness (QED) is 0.792. The first-order valence-electron chi connectivity index (χ1n) is 10.0. The lowest BCUT2D eigenvalue weighted by molar-refractivity contribution is -0.127. The van der Waals surface area contributed by atoms with E-state index in [-0.39, 0.29) is 17.9 Å². The zero-order valence-electron chi connectivity index (χ0n) is 16.6. The van der Waals surface area contributed by atoms with Crippen molar-refractivity contribution in [1.29, 1.82) is 0 Å². The van der Waals surface area contributed by atoms with Gasteiger partial charge in [-0.25, -0.2) is 0 Å². The smallest absolute Gasteiger partial charge is 0.262 e. The number of hydrogen-bond acceptors (Lipinski definition) is 4. The SMILES string of the molecule is CC[C@H](C)[C@@H](C(=O)N[C@H]1CCOc2ccccc21)N1C(=O)c2ccccc2C1=O. The van der Waals surface area contributed by atoms with Crippen LogP contribution in [0.4, 0.5) is 0 Å². The van der Waals surface area contributed by atoms with Gasteiger partial charge in [-0.15, -0.1) is 0 Å². The second kappa shape index (κ2) is 7.70. The maximum absolute atomic E-state index is 13.4. The number of ether oxygens (including phenoxy) is 1. The van der Waals surface area contributed by atoms with Crippen LogP contribution in [0.3, 0.4) is 0 Å². The largest absolute Gasteiger partial charge is 0.493 e. The molecule has 2 heterocycles. The highest BCUT2D eigenvalue weighted by molar-refractivity contribution is 6.22. The average Bonchev–Trinajstić information content (AvgIpc) is 2.99. The minimum absolute atomic E-state index is 0.174. The number of hydrogen-bond donors (Lipinski definition) is 1. The topological polar surface area (TPSA) is 75.7 Å². The third-order valence-corrected chi connectivity index (χ3v) is 5.83. The molecule has 2 aromatic carbocycles. The summed E-state index contributed by atoms with van der Waals surface area (Å²) in [4.78, 5) is 40.4. The van der Waals surface area contributed by atoms with Gasteiger partial charge in [0.2, 0.25) is 5.91 Å². The van der Waals surface area contributed by atoms with Crippen LogP contribution < -0.4 is 10.1 Å². The van der Waals surface area contributed by atoms with Crippen molar-refractivity contribution in [2.75, 3.05) is 6.61 Å². The summed E-state index contributed by atoms with van der Waals surface area (Å²) in [6.07, 6.45) is 1.30. The third-order valence-electron chi connectivity index (χ3n) is 5.83. The molecule has 29 heavy (non-hydrogen) atoms. The Labute approximate surface area is 169 Å². The van der Waals surface area contributed by atoms with Gasteiger partial charge in [0.25, 0.3) is 11.8 Å². The Bertz CT molecular complexity index is 936. The number of rotatable bonds is 5. The number of nitrogens with one attached hydrogen (secondary N) is 1. The highest BCUT2D eigenvalue weighted by Crippen LogP contribution is 2.33. The molecule has 1 N–H and O–H groups in total. The maximum Gasteiger partial charge on any atom is 0.262 e. The summed E-state index contributed by atoms with van der Waals surface area (Å²) in [6, 6.07) is 13.3. The Morgan fingerprint density at radius 3 is 2.38 bits per heavy atom. The molecule has 6 heteroatoms. The Morgan fingerprint density at radius 2 is 1.72 bits per heavy atom. The second-order valence-corrected chi connectivity index (χ2v) is 7.59. The van der Waals surface area contributed by atoms with Crippen LogP contribution in [0.25, 0.3) is 0 Å². The van der Waals surface area contributed by atoms with E-state index in [4.69, 9.17) is 4.74 Å². The van der Waals surface area contributed by atoms with Crippen LogP contribution in [0.1, 0.15) is 59.0 Å². The summed E-state index contributed by atoms with van der Waals surface area (Å²) in [7, 11) is 0. The second-order valence-electron chi connectivity index (χ2n) is 7.59. The van der Waals surface area contributed by atoms with Crippen LogP contribution >= 0.6 is 0 Å². The van der Waals surface area contributed by atoms with Gasteiger partial charge in [0.05, 0.1) is 23.8 Å². The van der Waals surface area contributed by atoms with Crippen molar-refractivity contribution in [2.45, 2.75) is 38.8 Å². The van der Waals surface area contributed by atoms with Crippen molar-refractivity contribution in [2.24, 2.45) is 5.92 Å². The van der Waals surface area contributed by atoms with E-state index in [1.807, 2.05) is 38.1 Å². The van der Waals surface area contributed by atoms with Gasteiger partial charge < -0.3 is 10.1 Å². The maximum atomic E-state index is 13.4. The molecule has 2 aliphatic rings. The molecule has 4 rings (SSSR count). The summed E-state index contributed by atoms with van der Waals surface area (Å²) in [5.41, 5.74) is 1.63. The van der Waals surface area contributed by atoms with E-state index in [0.29, 0.717) is 30.6 Å². The first-order chi connectivity index (χ1) is 14.0. The van der Waals surface area contributed by atoms with Crippen molar-refractivity contribution < 1.29 is 19.1 Å². The zero-order valence-corrected chi connectivity index (χ0v) is 16.6. The molecular formula is C23H24N2O4. The Morgan fingerprint density at radius 1 is 1.10 bits per heavy atom. The van der Waals surface area contributed by atoms with Crippen LogP contribution in [0.15, 0.2) is 48.5 Å². The van der Waals surface area contributed by atoms with E-state index in [1.54, 1.807) is 24.3 Å². The lowest BCUT2D eigenvalue weighted by atomic mass is 9.94. The fraction of sp³-hybridized carbons (Fsp3) is 0.348. The van der Waals surface area contributed by atoms with Gasteiger partial charge in [-0.05, 0) is 24.1 Å². The molecule has 3 atom stereocenters. The Balaban J connectivity index is 1.63.